The third kappa shape index (κ3) is 4.17. The number of pyridine rings is 1. The molecule has 0 aromatic carbocycles. The fourth-order valence-corrected chi connectivity index (χ4v) is 2.75. The zero-order valence-electron chi connectivity index (χ0n) is 12.5. The van der Waals surface area contributed by atoms with Crippen molar-refractivity contribution in [2.75, 3.05) is 29.0 Å². The molecule has 0 radical (unpaired) electrons. The molecule has 1 fully saturated rings. The molecule has 7 heteroatoms. The van der Waals surface area contributed by atoms with Crippen LogP contribution < -0.4 is 9.62 Å². The van der Waals surface area contributed by atoms with Crippen LogP contribution >= 0.6 is 0 Å². The first-order valence-corrected chi connectivity index (χ1v) is 8.68. The molecular weight excluding hydrogens is 290 g/mol. The maximum absolute atomic E-state index is 11.6. The van der Waals surface area contributed by atoms with Gasteiger partial charge in [-0.2, -0.15) is 0 Å². The summed E-state index contributed by atoms with van der Waals surface area (Å²) < 4.78 is 25.6. The topological polar surface area (TPSA) is 79.4 Å². The first-order valence-electron chi connectivity index (χ1n) is 7.03. The molecular formula is C14H21N3O3S. The van der Waals surface area contributed by atoms with Crippen LogP contribution in [0, 0.1) is 11.8 Å². The van der Waals surface area contributed by atoms with Crippen molar-refractivity contribution in [3.05, 3.63) is 17.7 Å². The van der Waals surface area contributed by atoms with Crippen molar-refractivity contribution in [2.24, 2.45) is 11.8 Å². The van der Waals surface area contributed by atoms with Gasteiger partial charge in [-0.1, -0.05) is 6.92 Å². The molecule has 1 N–H and O–H groups in total. The summed E-state index contributed by atoms with van der Waals surface area (Å²) in [5, 5.41) is 0. The molecule has 0 aliphatic heterocycles. The summed E-state index contributed by atoms with van der Waals surface area (Å²) in [4.78, 5) is 17.3. The Bertz CT molecular complexity index is 630. The van der Waals surface area contributed by atoms with Crippen molar-refractivity contribution in [1.29, 1.82) is 0 Å². The van der Waals surface area contributed by atoms with Crippen molar-refractivity contribution in [3.8, 4) is 0 Å². The van der Waals surface area contributed by atoms with Crippen LogP contribution in [0.3, 0.4) is 0 Å². The monoisotopic (exact) mass is 311 g/mol. The number of aromatic nitrogens is 1. The third-order valence-corrected chi connectivity index (χ3v) is 5.07. The smallest absolute Gasteiger partial charge is 0.233 e. The van der Waals surface area contributed by atoms with Gasteiger partial charge in [-0.05, 0) is 37.3 Å². The predicted molar refractivity (Wildman–Crippen MR) is 83.2 cm³/mol. The lowest BCUT2D eigenvalue weighted by Gasteiger charge is -2.19. The highest BCUT2D eigenvalue weighted by molar-refractivity contribution is 7.92. The van der Waals surface area contributed by atoms with Crippen LogP contribution in [-0.4, -0.2) is 39.0 Å². The van der Waals surface area contributed by atoms with Gasteiger partial charge in [-0.15, -0.1) is 0 Å². The number of nitrogens with one attached hydrogen (secondary N) is 1. The molecule has 21 heavy (non-hydrogen) atoms. The Kier molecular flexibility index (Phi) is 4.51. The fraction of sp³-hybridized carbons (Fsp3) is 0.571. The largest absolute Gasteiger partial charge is 0.359 e. The Labute approximate surface area is 125 Å². The number of anilines is 2. The summed E-state index contributed by atoms with van der Waals surface area (Å²) in [6, 6.07) is 3.11. The molecule has 2 rings (SSSR count). The number of carbonyl (C=O) groups excluding carboxylic acids is 1. The summed E-state index contributed by atoms with van der Waals surface area (Å²) in [6.45, 7) is 4.61. The van der Waals surface area contributed by atoms with Gasteiger partial charge in [0.25, 0.3) is 0 Å². The Morgan fingerprint density at radius 3 is 2.67 bits per heavy atom. The van der Waals surface area contributed by atoms with E-state index in [0.717, 1.165) is 12.5 Å². The second kappa shape index (κ2) is 6.01. The van der Waals surface area contributed by atoms with Crippen LogP contribution in [0.5, 0.6) is 0 Å². The van der Waals surface area contributed by atoms with Gasteiger partial charge >= 0.3 is 0 Å². The van der Waals surface area contributed by atoms with Crippen molar-refractivity contribution < 1.29 is 13.2 Å². The number of hydrogen-bond acceptors (Lipinski definition) is 5. The SMILES string of the molecule is CCS(=O)(=O)Nc1cc(C=O)cc(N(C)CC2CC2C)n1. The number of sulfonamides is 1. The maximum Gasteiger partial charge on any atom is 0.233 e. The van der Waals surface area contributed by atoms with E-state index < -0.39 is 10.0 Å². The second-order valence-corrected chi connectivity index (χ2v) is 7.63. The molecule has 2 unspecified atom stereocenters. The summed E-state index contributed by atoms with van der Waals surface area (Å²) >= 11 is 0. The number of nitrogens with zero attached hydrogens (tertiary/aromatic N) is 2. The molecule has 1 aromatic rings. The highest BCUT2D eigenvalue weighted by Crippen LogP contribution is 2.38. The summed E-state index contributed by atoms with van der Waals surface area (Å²) in [6.07, 6.45) is 1.90. The second-order valence-electron chi connectivity index (χ2n) is 5.62. The van der Waals surface area contributed by atoms with E-state index in [4.69, 9.17) is 0 Å². The Balaban J connectivity index is 2.22. The van der Waals surface area contributed by atoms with Gasteiger partial charge in [0, 0.05) is 19.2 Å². The average molecular weight is 311 g/mol. The zero-order chi connectivity index (χ0) is 15.6. The molecule has 0 saturated heterocycles. The summed E-state index contributed by atoms with van der Waals surface area (Å²) in [5.74, 6) is 2.12. The molecule has 1 heterocycles. The lowest BCUT2D eigenvalue weighted by Crippen LogP contribution is -2.23. The van der Waals surface area contributed by atoms with Crippen molar-refractivity contribution in [1.82, 2.24) is 4.98 Å². The van der Waals surface area contributed by atoms with E-state index >= 15 is 0 Å². The molecule has 116 valence electrons. The number of hydrogen-bond donors (Lipinski definition) is 1. The molecule has 1 aromatic heterocycles. The highest BCUT2D eigenvalue weighted by atomic mass is 32.2. The standard InChI is InChI=1S/C14H21N3O3S/c1-4-21(19,20)16-13-6-11(9-18)7-14(15-13)17(3)8-12-5-10(12)2/h6-7,9-10,12H,4-5,8H2,1-3H3,(H,15,16). The molecule has 0 amide bonds. The van der Waals surface area contributed by atoms with Gasteiger partial charge in [-0.3, -0.25) is 9.52 Å². The Morgan fingerprint density at radius 2 is 2.14 bits per heavy atom. The molecule has 0 spiro atoms. The Hall–Kier alpha value is -1.63. The highest BCUT2D eigenvalue weighted by Gasteiger charge is 2.33. The lowest BCUT2D eigenvalue weighted by atomic mass is 10.2. The van der Waals surface area contributed by atoms with Crippen LogP contribution in [0.25, 0.3) is 0 Å². The van der Waals surface area contributed by atoms with Gasteiger partial charge < -0.3 is 4.90 Å². The Morgan fingerprint density at radius 1 is 1.48 bits per heavy atom. The summed E-state index contributed by atoms with van der Waals surface area (Å²) in [7, 11) is -1.50. The van der Waals surface area contributed by atoms with Gasteiger partial charge in [0.05, 0.1) is 5.75 Å². The van der Waals surface area contributed by atoms with Crippen LogP contribution in [-0.2, 0) is 10.0 Å². The molecule has 2 atom stereocenters. The number of carbonyl (C=O) groups is 1. The maximum atomic E-state index is 11.6. The van der Waals surface area contributed by atoms with Crippen LogP contribution in [0.15, 0.2) is 12.1 Å². The van der Waals surface area contributed by atoms with Gasteiger partial charge in [0.15, 0.2) is 0 Å². The molecule has 1 saturated carbocycles. The van der Waals surface area contributed by atoms with Crippen LogP contribution in [0.1, 0.15) is 30.6 Å². The van der Waals surface area contributed by atoms with E-state index in [9.17, 15) is 13.2 Å². The molecule has 1 aliphatic rings. The lowest BCUT2D eigenvalue weighted by molar-refractivity contribution is 0.112. The van der Waals surface area contributed by atoms with Crippen LogP contribution in [0.4, 0.5) is 11.6 Å². The minimum Gasteiger partial charge on any atom is -0.359 e. The van der Waals surface area contributed by atoms with E-state index in [-0.39, 0.29) is 11.6 Å². The van der Waals surface area contributed by atoms with Crippen LogP contribution in [0.2, 0.25) is 0 Å². The first kappa shape index (κ1) is 15.8. The van der Waals surface area contributed by atoms with Gasteiger partial charge in [0.1, 0.15) is 17.9 Å². The van der Waals surface area contributed by atoms with E-state index in [2.05, 4.69) is 16.6 Å². The number of aldehydes is 1. The van der Waals surface area contributed by atoms with E-state index in [1.807, 2.05) is 11.9 Å². The van der Waals surface area contributed by atoms with Crippen molar-refractivity contribution >= 4 is 27.9 Å². The molecule has 0 bridgehead atoms. The third-order valence-electron chi connectivity index (χ3n) is 3.79. The van der Waals surface area contributed by atoms with Gasteiger partial charge in [0.2, 0.25) is 10.0 Å². The average Bonchev–Trinajstić information content (AvgIpc) is 3.13. The van der Waals surface area contributed by atoms with Crippen molar-refractivity contribution in [3.63, 3.8) is 0 Å². The predicted octanol–water partition coefficient (Wildman–Crippen LogP) is 1.75. The first-order chi connectivity index (χ1) is 9.84. The molecule has 1 aliphatic carbocycles. The van der Waals surface area contributed by atoms with E-state index in [0.29, 0.717) is 23.6 Å². The normalized spacial score (nSPS) is 20.9. The zero-order valence-corrected chi connectivity index (χ0v) is 13.4. The van der Waals surface area contributed by atoms with Gasteiger partial charge in [-0.25, -0.2) is 13.4 Å². The van der Waals surface area contributed by atoms with Crippen molar-refractivity contribution in [2.45, 2.75) is 20.3 Å². The fourth-order valence-electron chi connectivity index (χ4n) is 2.18. The quantitative estimate of drug-likeness (QED) is 0.776. The molecule has 6 nitrogen and oxygen atoms in total. The number of rotatable bonds is 7. The van der Waals surface area contributed by atoms with E-state index in [1.165, 1.54) is 12.5 Å². The summed E-state index contributed by atoms with van der Waals surface area (Å²) in [5.41, 5.74) is 0.407. The minimum atomic E-state index is -3.41. The minimum absolute atomic E-state index is 0.0369. The van der Waals surface area contributed by atoms with E-state index in [1.54, 1.807) is 13.0 Å².